The third-order valence-electron chi connectivity index (χ3n) is 3.63. The minimum absolute atomic E-state index is 0.305. The van der Waals surface area contributed by atoms with Gasteiger partial charge in [-0.25, -0.2) is 0 Å². The summed E-state index contributed by atoms with van der Waals surface area (Å²) < 4.78 is 10.4. The number of halogens is 1. The van der Waals surface area contributed by atoms with Gasteiger partial charge in [-0.1, -0.05) is 29.8 Å². The van der Waals surface area contributed by atoms with Crippen molar-refractivity contribution in [3.63, 3.8) is 0 Å². The number of aromatic nitrogens is 2. The standard InChI is InChI=1S/C18H16ClN3O3/c1-24-11-7-8-17(25-2)15(9-11)20-18(23)16-10-14(21-22-16)12-5-3-4-6-13(12)19/h3-10H,1-2H3,(H,20,23)(H,21,22). The van der Waals surface area contributed by atoms with Crippen LogP contribution in [0.1, 0.15) is 10.5 Å². The molecule has 1 heterocycles. The van der Waals surface area contributed by atoms with Crippen molar-refractivity contribution in [3.05, 3.63) is 59.2 Å². The smallest absolute Gasteiger partial charge is 0.273 e. The van der Waals surface area contributed by atoms with Crippen LogP contribution in [-0.2, 0) is 0 Å². The molecule has 2 aromatic carbocycles. The lowest BCUT2D eigenvalue weighted by molar-refractivity contribution is 0.102. The largest absolute Gasteiger partial charge is 0.497 e. The molecule has 3 aromatic rings. The number of amides is 1. The highest BCUT2D eigenvalue weighted by Crippen LogP contribution is 2.30. The average molecular weight is 358 g/mol. The zero-order valence-corrected chi connectivity index (χ0v) is 14.4. The molecular weight excluding hydrogens is 342 g/mol. The Morgan fingerprint density at radius 2 is 1.92 bits per heavy atom. The van der Waals surface area contributed by atoms with Gasteiger partial charge in [-0.15, -0.1) is 0 Å². The highest BCUT2D eigenvalue weighted by atomic mass is 35.5. The summed E-state index contributed by atoms with van der Waals surface area (Å²) in [6.45, 7) is 0. The monoisotopic (exact) mass is 357 g/mol. The lowest BCUT2D eigenvalue weighted by Crippen LogP contribution is -2.13. The van der Waals surface area contributed by atoms with Gasteiger partial charge >= 0.3 is 0 Å². The van der Waals surface area contributed by atoms with E-state index in [0.29, 0.717) is 33.6 Å². The second-order valence-corrected chi connectivity index (χ2v) is 5.57. The Morgan fingerprint density at radius 1 is 1.12 bits per heavy atom. The molecule has 6 nitrogen and oxygen atoms in total. The zero-order chi connectivity index (χ0) is 17.8. The Hall–Kier alpha value is -2.99. The molecule has 0 radical (unpaired) electrons. The van der Waals surface area contributed by atoms with E-state index in [4.69, 9.17) is 21.1 Å². The summed E-state index contributed by atoms with van der Waals surface area (Å²) in [5.41, 5.74) is 2.15. The summed E-state index contributed by atoms with van der Waals surface area (Å²) >= 11 is 6.17. The molecule has 0 aliphatic carbocycles. The number of nitrogens with one attached hydrogen (secondary N) is 2. The van der Waals surface area contributed by atoms with E-state index in [1.54, 1.807) is 37.4 Å². The zero-order valence-electron chi connectivity index (χ0n) is 13.7. The fourth-order valence-electron chi connectivity index (χ4n) is 2.35. The van der Waals surface area contributed by atoms with Gasteiger partial charge in [0.15, 0.2) is 0 Å². The maximum atomic E-state index is 12.5. The number of H-pyrrole nitrogens is 1. The van der Waals surface area contributed by atoms with E-state index in [-0.39, 0.29) is 5.91 Å². The van der Waals surface area contributed by atoms with Crippen LogP contribution in [0.2, 0.25) is 5.02 Å². The van der Waals surface area contributed by atoms with E-state index in [1.807, 2.05) is 18.2 Å². The molecule has 0 saturated heterocycles. The Balaban J connectivity index is 1.85. The van der Waals surface area contributed by atoms with Crippen molar-refractivity contribution in [2.24, 2.45) is 0 Å². The third-order valence-corrected chi connectivity index (χ3v) is 3.96. The maximum absolute atomic E-state index is 12.5. The predicted octanol–water partition coefficient (Wildman–Crippen LogP) is 4.00. The van der Waals surface area contributed by atoms with E-state index in [2.05, 4.69) is 15.5 Å². The van der Waals surface area contributed by atoms with Crippen LogP contribution in [0.3, 0.4) is 0 Å². The first-order chi connectivity index (χ1) is 12.1. The lowest BCUT2D eigenvalue weighted by atomic mass is 10.1. The van der Waals surface area contributed by atoms with Crippen molar-refractivity contribution in [3.8, 4) is 22.8 Å². The molecule has 1 amide bonds. The first-order valence-corrected chi connectivity index (χ1v) is 7.84. The second-order valence-electron chi connectivity index (χ2n) is 5.17. The number of benzene rings is 2. The number of carbonyl (C=O) groups excluding carboxylic acids is 1. The van der Waals surface area contributed by atoms with E-state index >= 15 is 0 Å². The fraction of sp³-hybridized carbons (Fsp3) is 0.111. The molecule has 0 aliphatic heterocycles. The van der Waals surface area contributed by atoms with E-state index in [9.17, 15) is 4.79 Å². The fourth-order valence-corrected chi connectivity index (χ4v) is 2.58. The van der Waals surface area contributed by atoms with Gasteiger partial charge in [0.1, 0.15) is 17.2 Å². The van der Waals surface area contributed by atoms with E-state index in [0.717, 1.165) is 5.56 Å². The van der Waals surface area contributed by atoms with Gasteiger partial charge in [0, 0.05) is 11.6 Å². The Morgan fingerprint density at radius 3 is 2.64 bits per heavy atom. The highest BCUT2D eigenvalue weighted by Gasteiger charge is 2.15. The molecule has 128 valence electrons. The number of methoxy groups -OCH3 is 2. The third kappa shape index (κ3) is 3.59. The highest BCUT2D eigenvalue weighted by molar-refractivity contribution is 6.33. The summed E-state index contributed by atoms with van der Waals surface area (Å²) in [5.74, 6) is 0.787. The normalized spacial score (nSPS) is 10.4. The minimum atomic E-state index is -0.350. The van der Waals surface area contributed by atoms with Crippen LogP contribution < -0.4 is 14.8 Å². The van der Waals surface area contributed by atoms with Crippen molar-refractivity contribution in [1.29, 1.82) is 0 Å². The second kappa shape index (κ2) is 7.27. The van der Waals surface area contributed by atoms with Crippen LogP contribution in [0.25, 0.3) is 11.3 Å². The molecule has 25 heavy (non-hydrogen) atoms. The maximum Gasteiger partial charge on any atom is 0.273 e. The van der Waals surface area contributed by atoms with Crippen LogP contribution >= 0.6 is 11.6 Å². The van der Waals surface area contributed by atoms with Crippen molar-refractivity contribution in [2.75, 3.05) is 19.5 Å². The first kappa shape index (κ1) is 16.9. The van der Waals surface area contributed by atoms with Crippen LogP contribution in [0.5, 0.6) is 11.5 Å². The molecule has 0 atom stereocenters. The number of hydrogen-bond donors (Lipinski definition) is 2. The number of hydrogen-bond acceptors (Lipinski definition) is 4. The molecule has 3 rings (SSSR count). The van der Waals surface area contributed by atoms with Crippen LogP contribution in [-0.4, -0.2) is 30.3 Å². The van der Waals surface area contributed by atoms with Gasteiger partial charge in [-0.05, 0) is 24.3 Å². The predicted molar refractivity (Wildman–Crippen MR) is 96.5 cm³/mol. The molecule has 1 aromatic heterocycles. The Labute approximate surface area is 149 Å². The van der Waals surface area contributed by atoms with E-state index < -0.39 is 0 Å². The Kier molecular flexibility index (Phi) is 4.90. The Bertz CT molecular complexity index is 908. The molecule has 0 bridgehead atoms. The van der Waals surface area contributed by atoms with Gasteiger partial charge in [0.25, 0.3) is 5.91 Å². The molecule has 0 spiro atoms. The number of ether oxygens (including phenoxy) is 2. The number of aromatic amines is 1. The molecule has 0 fully saturated rings. The lowest BCUT2D eigenvalue weighted by Gasteiger charge is -2.11. The van der Waals surface area contributed by atoms with Gasteiger partial charge in [0.05, 0.1) is 30.6 Å². The molecule has 0 saturated carbocycles. The minimum Gasteiger partial charge on any atom is -0.497 e. The van der Waals surface area contributed by atoms with Crippen molar-refractivity contribution < 1.29 is 14.3 Å². The molecule has 0 aliphatic rings. The molecular formula is C18H16ClN3O3. The topological polar surface area (TPSA) is 76.2 Å². The molecule has 2 N–H and O–H groups in total. The summed E-state index contributed by atoms with van der Waals surface area (Å²) in [4.78, 5) is 12.5. The van der Waals surface area contributed by atoms with Gasteiger partial charge in [-0.3, -0.25) is 9.89 Å². The van der Waals surface area contributed by atoms with Gasteiger partial charge < -0.3 is 14.8 Å². The van der Waals surface area contributed by atoms with Crippen molar-refractivity contribution >= 4 is 23.2 Å². The number of carbonyl (C=O) groups is 1. The molecule has 0 unspecified atom stereocenters. The number of rotatable bonds is 5. The summed E-state index contributed by atoms with van der Waals surface area (Å²) in [5, 5.41) is 10.2. The summed E-state index contributed by atoms with van der Waals surface area (Å²) in [6, 6.07) is 14.1. The summed E-state index contributed by atoms with van der Waals surface area (Å²) in [7, 11) is 3.08. The van der Waals surface area contributed by atoms with Crippen LogP contribution in [0.15, 0.2) is 48.5 Å². The van der Waals surface area contributed by atoms with Crippen molar-refractivity contribution in [2.45, 2.75) is 0 Å². The van der Waals surface area contributed by atoms with Gasteiger partial charge in [-0.2, -0.15) is 5.10 Å². The first-order valence-electron chi connectivity index (χ1n) is 7.46. The van der Waals surface area contributed by atoms with Crippen molar-refractivity contribution in [1.82, 2.24) is 10.2 Å². The molecule has 7 heteroatoms. The van der Waals surface area contributed by atoms with Crippen LogP contribution in [0.4, 0.5) is 5.69 Å². The SMILES string of the molecule is COc1ccc(OC)c(NC(=O)c2cc(-c3ccccc3Cl)n[nH]2)c1. The number of nitrogens with zero attached hydrogens (tertiary/aromatic N) is 1. The number of anilines is 1. The van der Waals surface area contributed by atoms with E-state index in [1.165, 1.54) is 7.11 Å². The quantitative estimate of drug-likeness (QED) is 0.723. The van der Waals surface area contributed by atoms with Gasteiger partial charge in [0.2, 0.25) is 0 Å². The average Bonchev–Trinajstić information content (AvgIpc) is 3.12. The van der Waals surface area contributed by atoms with Crippen LogP contribution in [0, 0.1) is 0 Å². The summed E-state index contributed by atoms with van der Waals surface area (Å²) in [6.07, 6.45) is 0.